The van der Waals surface area contributed by atoms with Gasteiger partial charge in [0.25, 0.3) is 5.78 Å². The SMILES string of the molecule is COC(=O)C(=O)C1=C(C)N(c2cccc(C)c2)C(=S)N[C@@H]1c1ccc(Cl)cc1. The van der Waals surface area contributed by atoms with Crippen molar-refractivity contribution >= 4 is 46.4 Å². The van der Waals surface area contributed by atoms with Gasteiger partial charge in [0, 0.05) is 16.4 Å². The Morgan fingerprint density at radius 1 is 1.14 bits per heavy atom. The number of carbonyl (C=O) groups excluding carboxylic acids is 2. The summed E-state index contributed by atoms with van der Waals surface area (Å²) in [4.78, 5) is 26.7. The summed E-state index contributed by atoms with van der Waals surface area (Å²) >= 11 is 11.6. The Hall–Kier alpha value is -2.70. The highest BCUT2D eigenvalue weighted by atomic mass is 35.5. The number of thiocarbonyl (C=S) groups is 1. The van der Waals surface area contributed by atoms with E-state index in [1.54, 1.807) is 36.1 Å². The number of Topliss-reactive ketones (excluding diaryl/α,β-unsaturated/α-hetero) is 1. The zero-order valence-corrected chi connectivity index (χ0v) is 17.2. The number of anilines is 1. The number of allylic oxidation sites excluding steroid dienone is 1. The van der Waals surface area contributed by atoms with Crippen LogP contribution in [0.1, 0.15) is 24.1 Å². The molecule has 0 saturated heterocycles. The number of halogens is 1. The summed E-state index contributed by atoms with van der Waals surface area (Å²) in [5.74, 6) is -1.64. The molecule has 144 valence electrons. The second-order valence-electron chi connectivity index (χ2n) is 6.43. The highest BCUT2D eigenvalue weighted by Crippen LogP contribution is 2.34. The second kappa shape index (κ2) is 8.12. The lowest BCUT2D eigenvalue weighted by atomic mass is 9.91. The summed E-state index contributed by atoms with van der Waals surface area (Å²) in [5.41, 5.74) is 3.48. The topological polar surface area (TPSA) is 58.6 Å². The molecule has 0 saturated carbocycles. The number of rotatable bonds is 4. The fraction of sp³-hybridized carbons (Fsp3) is 0.190. The number of hydrogen-bond acceptors (Lipinski definition) is 4. The van der Waals surface area contributed by atoms with E-state index in [1.807, 2.05) is 31.2 Å². The van der Waals surface area contributed by atoms with E-state index in [2.05, 4.69) is 10.1 Å². The number of hydrogen-bond donors (Lipinski definition) is 1. The van der Waals surface area contributed by atoms with Crippen molar-refractivity contribution in [2.24, 2.45) is 0 Å². The number of esters is 1. The minimum Gasteiger partial charge on any atom is -0.463 e. The maximum absolute atomic E-state index is 12.9. The van der Waals surface area contributed by atoms with Gasteiger partial charge in [0.05, 0.1) is 18.7 Å². The van der Waals surface area contributed by atoms with Gasteiger partial charge in [-0.25, -0.2) is 4.79 Å². The van der Waals surface area contributed by atoms with Crippen LogP contribution >= 0.6 is 23.8 Å². The number of aryl methyl sites for hydroxylation is 1. The van der Waals surface area contributed by atoms with Crippen molar-refractivity contribution in [2.75, 3.05) is 12.0 Å². The predicted molar refractivity (Wildman–Crippen MR) is 113 cm³/mol. The van der Waals surface area contributed by atoms with E-state index >= 15 is 0 Å². The molecule has 7 heteroatoms. The third-order valence-electron chi connectivity index (χ3n) is 4.56. The number of ether oxygens (including phenoxy) is 1. The average molecular weight is 415 g/mol. The standard InChI is InChI=1S/C21H19ClN2O3S/c1-12-5-4-6-16(11-12)24-13(2)17(19(25)20(26)27-3)18(23-21(24)28)14-7-9-15(22)10-8-14/h4-11,18H,1-3H3,(H,23,28)/t18-/m1/s1. The second-order valence-corrected chi connectivity index (χ2v) is 7.25. The number of carbonyl (C=O) groups is 2. The maximum atomic E-state index is 12.9. The van der Waals surface area contributed by atoms with Crippen LogP contribution in [0.15, 0.2) is 59.8 Å². The van der Waals surface area contributed by atoms with Gasteiger partial charge >= 0.3 is 5.97 Å². The molecule has 0 unspecified atom stereocenters. The number of nitrogens with zero attached hydrogens (tertiary/aromatic N) is 1. The Morgan fingerprint density at radius 3 is 2.43 bits per heavy atom. The van der Waals surface area contributed by atoms with Gasteiger partial charge in [-0.15, -0.1) is 0 Å². The van der Waals surface area contributed by atoms with Gasteiger partial charge in [0.15, 0.2) is 5.11 Å². The van der Waals surface area contributed by atoms with Gasteiger partial charge in [-0.2, -0.15) is 0 Å². The first-order chi connectivity index (χ1) is 13.3. The number of benzene rings is 2. The first-order valence-electron chi connectivity index (χ1n) is 8.59. The summed E-state index contributed by atoms with van der Waals surface area (Å²) in [5, 5.41) is 4.20. The van der Waals surface area contributed by atoms with E-state index in [9.17, 15) is 9.59 Å². The minimum atomic E-state index is -0.924. The van der Waals surface area contributed by atoms with Gasteiger partial charge in [-0.05, 0) is 61.5 Å². The zero-order chi connectivity index (χ0) is 20.4. The number of ketones is 1. The Bertz CT molecular complexity index is 985. The van der Waals surface area contributed by atoms with E-state index in [4.69, 9.17) is 23.8 Å². The molecule has 2 aromatic rings. The molecule has 5 nitrogen and oxygen atoms in total. The summed E-state index contributed by atoms with van der Waals surface area (Å²) in [6.07, 6.45) is 0. The van der Waals surface area contributed by atoms with Crippen molar-refractivity contribution in [1.82, 2.24) is 5.32 Å². The molecule has 1 aliphatic heterocycles. The third-order valence-corrected chi connectivity index (χ3v) is 5.12. The molecule has 2 aromatic carbocycles. The highest BCUT2D eigenvalue weighted by molar-refractivity contribution is 7.80. The van der Waals surface area contributed by atoms with Crippen molar-refractivity contribution in [2.45, 2.75) is 19.9 Å². The van der Waals surface area contributed by atoms with Crippen LogP contribution in [0.2, 0.25) is 5.02 Å². The smallest absolute Gasteiger partial charge is 0.379 e. The molecule has 0 bridgehead atoms. The van der Waals surface area contributed by atoms with Gasteiger partial charge in [0.2, 0.25) is 0 Å². The third kappa shape index (κ3) is 3.79. The van der Waals surface area contributed by atoms with Crippen molar-refractivity contribution in [3.8, 4) is 0 Å². The average Bonchev–Trinajstić information content (AvgIpc) is 2.67. The molecule has 3 rings (SSSR count). The summed E-state index contributed by atoms with van der Waals surface area (Å²) in [6, 6.07) is 14.2. The minimum absolute atomic E-state index is 0.282. The van der Waals surface area contributed by atoms with Gasteiger partial charge in [0.1, 0.15) is 0 Å². The summed E-state index contributed by atoms with van der Waals surface area (Å²) < 4.78 is 4.68. The molecule has 28 heavy (non-hydrogen) atoms. The van der Waals surface area contributed by atoms with Crippen molar-refractivity contribution in [3.63, 3.8) is 0 Å². The largest absolute Gasteiger partial charge is 0.463 e. The van der Waals surface area contributed by atoms with Crippen LogP contribution in [-0.4, -0.2) is 24.0 Å². The first kappa shape index (κ1) is 20.0. The van der Waals surface area contributed by atoms with Crippen LogP contribution in [0.3, 0.4) is 0 Å². The summed E-state index contributed by atoms with van der Waals surface area (Å²) in [7, 11) is 1.19. The van der Waals surface area contributed by atoms with Crippen molar-refractivity contribution in [1.29, 1.82) is 0 Å². The molecule has 1 atom stereocenters. The molecule has 0 aromatic heterocycles. The molecule has 0 radical (unpaired) electrons. The quantitative estimate of drug-likeness (QED) is 0.461. The lowest BCUT2D eigenvalue weighted by Gasteiger charge is -2.37. The Labute approximate surface area is 173 Å². The van der Waals surface area contributed by atoms with E-state index < -0.39 is 17.8 Å². The normalized spacial score (nSPS) is 16.6. The Balaban J connectivity index is 2.17. The van der Waals surface area contributed by atoms with Crippen LogP contribution in [-0.2, 0) is 14.3 Å². The van der Waals surface area contributed by atoms with Gasteiger partial charge < -0.3 is 10.1 Å². The number of methoxy groups -OCH3 is 1. The molecule has 1 aliphatic rings. The van der Waals surface area contributed by atoms with Gasteiger partial charge in [-0.3, -0.25) is 9.69 Å². The predicted octanol–water partition coefficient (Wildman–Crippen LogP) is 4.10. The molecule has 1 N–H and O–H groups in total. The fourth-order valence-electron chi connectivity index (χ4n) is 3.22. The molecule has 0 amide bonds. The molecule has 0 aliphatic carbocycles. The van der Waals surface area contributed by atoms with Crippen LogP contribution in [0, 0.1) is 6.92 Å². The Morgan fingerprint density at radius 2 is 1.82 bits per heavy atom. The molecule has 0 spiro atoms. The highest BCUT2D eigenvalue weighted by Gasteiger charge is 2.37. The lowest BCUT2D eigenvalue weighted by molar-refractivity contribution is -0.150. The van der Waals surface area contributed by atoms with E-state index in [0.29, 0.717) is 15.8 Å². The zero-order valence-electron chi connectivity index (χ0n) is 15.7. The van der Waals surface area contributed by atoms with E-state index in [-0.39, 0.29) is 5.57 Å². The van der Waals surface area contributed by atoms with E-state index in [1.165, 1.54) is 7.11 Å². The number of nitrogens with one attached hydrogen (secondary N) is 1. The lowest BCUT2D eigenvalue weighted by Crippen LogP contribution is -2.48. The first-order valence-corrected chi connectivity index (χ1v) is 9.38. The summed E-state index contributed by atoms with van der Waals surface area (Å²) in [6.45, 7) is 3.74. The monoisotopic (exact) mass is 414 g/mol. The van der Waals surface area contributed by atoms with Crippen LogP contribution in [0.4, 0.5) is 5.69 Å². The molecular formula is C21H19ClN2O3S. The molecule has 0 fully saturated rings. The molecular weight excluding hydrogens is 396 g/mol. The molecule has 1 heterocycles. The van der Waals surface area contributed by atoms with Crippen molar-refractivity contribution < 1.29 is 14.3 Å². The van der Waals surface area contributed by atoms with Crippen LogP contribution in [0.25, 0.3) is 0 Å². The van der Waals surface area contributed by atoms with Crippen molar-refractivity contribution in [3.05, 3.63) is 76.0 Å². The van der Waals surface area contributed by atoms with Gasteiger partial charge in [-0.1, -0.05) is 35.9 Å². The fourth-order valence-corrected chi connectivity index (χ4v) is 3.71. The van der Waals surface area contributed by atoms with Crippen LogP contribution in [0.5, 0.6) is 0 Å². The van der Waals surface area contributed by atoms with Crippen LogP contribution < -0.4 is 10.2 Å². The Kier molecular flexibility index (Phi) is 5.82. The van der Waals surface area contributed by atoms with E-state index in [0.717, 1.165) is 16.8 Å². The maximum Gasteiger partial charge on any atom is 0.379 e.